The number of carbonyl (C=O) groups excluding carboxylic acids is 1. The number of para-hydroxylation sites is 1. The molecule has 0 fully saturated rings. The van der Waals surface area contributed by atoms with E-state index in [1.54, 1.807) is 104 Å². The van der Waals surface area contributed by atoms with Gasteiger partial charge in [0.15, 0.2) is 17.4 Å². The third-order valence-electron chi connectivity index (χ3n) is 8.19. The van der Waals surface area contributed by atoms with Crippen molar-refractivity contribution in [2.24, 2.45) is 4.99 Å². The fourth-order valence-electron chi connectivity index (χ4n) is 6.06. The number of H-pyrrole nitrogens is 1. The van der Waals surface area contributed by atoms with Gasteiger partial charge in [0.1, 0.15) is 16.4 Å². The number of amidine groups is 1. The highest BCUT2D eigenvalue weighted by molar-refractivity contribution is 7.90. The molecule has 0 unspecified atom stereocenters. The summed E-state index contributed by atoms with van der Waals surface area (Å²) in [5.74, 6) is 0.849. The van der Waals surface area contributed by atoms with Crippen LogP contribution in [-0.4, -0.2) is 32.1 Å². The van der Waals surface area contributed by atoms with E-state index in [4.69, 9.17) is 21.1 Å². The van der Waals surface area contributed by atoms with Crippen LogP contribution in [-0.2, 0) is 10.0 Å². The minimum atomic E-state index is -4.08. The van der Waals surface area contributed by atoms with Crippen molar-refractivity contribution in [1.82, 2.24) is 9.71 Å². The largest absolute Gasteiger partial charge is 0.497 e. The summed E-state index contributed by atoms with van der Waals surface area (Å²) < 4.78 is 40.9. The lowest BCUT2D eigenvalue weighted by molar-refractivity contribution is 0.104. The third-order valence-corrected chi connectivity index (χ3v) is 9.83. The highest BCUT2D eigenvalue weighted by Crippen LogP contribution is 2.47. The lowest BCUT2D eigenvalue weighted by Gasteiger charge is -2.27. The van der Waals surface area contributed by atoms with Crippen molar-refractivity contribution in [2.75, 3.05) is 12.4 Å². The maximum atomic E-state index is 14.4. The van der Waals surface area contributed by atoms with Gasteiger partial charge in [-0.25, -0.2) is 13.4 Å². The van der Waals surface area contributed by atoms with Gasteiger partial charge in [-0.3, -0.25) is 14.3 Å². The zero-order valence-corrected chi connectivity index (χ0v) is 26.6. The van der Waals surface area contributed by atoms with E-state index < -0.39 is 15.6 Å². The maximum Gasteiger partial charge on any atom is 0.265 e. The summed E-state index contributed by atoms with van der Waals surface area (Å²) in [5, 5.41) is 4.22. The number of nitrogens with one attached hydrogen (secondary N) is 3. The molecule has 0 saturated carbocycles. The Morgan fingerprint density at radius 2 is 1.48 bits per heavy atom. The van der Waals surface area contributed by atoms with E-state index in [1.807, 2.05) is 0 Å². The number of ketones is 1. The Kier molecular flexibility index (Phi) is 6.83. The van der Waals surface area contributed by atoms with Gasteiger partial charge in [0.25, 0.3) is 15.6 Å². The molecule has 3 N–H and O–H groups in total. The monoisotopic (exact) mass is 674 g/mol. The van der Waals surface area contributed by atoms with Crippen LogP contribution in [0.15, 0.2) is 118 Å². The van der Waals surface area contributed by atoms with E-state index in [-0.39, 0.29) is 44.6 Å². The molecule has 236 valence electrons. The molecule has 0 saturated heterocycles. The van der Waals surface area contributed by atoms with Gasteiger partial charge >= 0.3 is 0 Å². The first kappa shape index (κ1) is 29.5. The van der Waals surface area contributed by atoms with Gasteiger partial charge in [0, 0.05) is 33.3 Å². The number of fused-ring (bicyclic) bond motifs is 3. The van der Waals surface area contributed by atoms with Crippen LogP contribution in [0, 0.1) is 0 Å². The van der Waals surface area contributed by atoms with Crippen LogP contribution in [0.3, 0.4) is 0 Å². The summed E-state index contributed by atoms with van der Waals surface area (Å²) in [6, 6.07) is 28.7. The van der Waals surface area contributed by atoms with Crippen LogP contribution in [0.1, 0.15) is 21.5 Å². The molecule has 0 amide bonds. The molecule has 0 radical (unpaired) electrons. The molecule has 8 rings (SSSR count). The van der Waals surface area contributed by atoms with E-state index in [9.17, 15) is 18.0 Å². The average Bonchev–Trinajstić information content (AvgIpc) is 3.08. The summed E-state index contributed by atoms with van der Waals surface area (Å²) in [4.78, 5) is 36.1. The first-order chi connectivity index (χ1) is 23.2. The third kappa shape index (κ3) is 4.79. The zero-order chi connectivity index (χ0) is 33.2. The SMILES string of the molecule is COc1ccc(Nc2cc(Oc3ccc(Cl)cc3)c3[nH]c(=O)c(C4=Nc5ccccc5S(=O)(=O)N4)c4c3c2C(=O)c2ccccc2-4)cc1. The van der Waals surface area contributed by atoms with Crippen molar-refractivity contribution in [3.05, 3.63) is 135 Å². The second-order valence-electron chi connectivity index (χ2n) is 11.1. The maximum absolute atomic E-state index is 14.4. The fourth-order valence-corrected chi connectivity index (χ4v) is 7.34. The number of rotatable bonds is 6. The molecule has 0 bridgehead atoms. The lowest BCUT2D eigenvalue weighted by atomic mass is 9.81. The van der Waals surface area contributed by atoms with Crippen molar-refractivity contribution in [3.63, 3.8) is 0 Å². The molecule has 1 aromatic heterocycles. The first-order valence-electron chi connectivity index (χ1n) is 14.7. The molecule has 0 spiro atoms. The van der Waals surface area contributed by atoms with Gasteiger partial charge in [0.05, 0.1) is 35.1 Å². The van der Waals surface area contributed by atoms with Crippen LogP contribution >= 0.6 is 11.6 Å². The second-order valence-corrected chi connectivity index (χ2v) is 13.2. The quantitative estimate of drug-likeness (QED) is 0.168. The Labute approximate surface area is 278 Å². The number of benzene rings is 5. The van der Waals surface area contributed by atoms with Crippen molar-refractivity contribution in [2.45, 2.75) is 4.90 Å². The molecule has 0 atom stereocenters. The van der Waals surface area contributed by atoms with Gasteiger partial charge in [-0.15, -0.1) is 0 Å². The number of hydrogen-bond donors (Lipinski definition) is 3. The average molecular weight is 675 g/mol. The minimum Gasteiger partial charge on any atom is -0.497 e. The number of halogens is 1. The number of methoxy groups -OCH3 is 1. The number of hydrogen-bond acceptors (Lipinski definition) is 8. The Hall–Kier alpha value is -5.91. The van der Waals surface area contributed by atoms with E-state index in [0.29, 0.717) is 50.0 Å². The molecule has 48 heavy (non-hydrogen) atoms. The smallest absolute Gasteiger partial charge is 0.265 e. The number of sulfonamides is 1. The molecule has 1 aliphatic carbocycles. The van der Waals surface area contributed by atoms with Gasteiger partial charge in [-0.1, -0.05) is 48.0 Å². The van der Waals surface area contributed by atoms with Crippen LogP contribution in [0.2, 0.25) is 5.02 Å². The predicted octanol–water partition coefficient (Wildman–Crippen LogP) is 7.31. The van der Waals surface area contributed by atoms with E-state index in [2.05, 4.69) is 20.0 Å². The van der Waals surface area contributed by atoms with Crippen LogP contribution in [0.5, 0.6) is 17.2 Å². The number of anilines is 2. The number of carbonyl (C=O) groups is 1. The number of ether oxygens (including phenoxy) is 2. The molecule has 12 heteroatoms. The Balaban J connectivity index is 1.46. The van der Waals surface area contributed by atoms with Crippen molar-refractivity contribution in [1.29, 1.82) is 0 Å². The molecule has 1 aliphatic heterocycles. The van der Waals surface area contributed by atoms with E-state index >= 15 is 0 Å². The number of aromatic amines is 1. The summed E-state index contributed by atoms with van der Waals surface area (Å²) in [6.07, 6.45) is 0. The number of aromatic nitrogens is 1. The highest BCUT2D eigenvalue weighted by Gasteiger charge is 2.36. The molecule has 10 nitrogen and oxygen atoms in total. The summed E-state index contributed by atoms with van der Waals surface area (Å²) >= 11 is 6.12. The summed E-state index contributed by atoms with van der Waals surface area (Å²) in [6.45, 7) is 0. The van der Waals surface area contributed by atoms with Crippen LogP contribution < -0.4 is 25.1 Å². The molecular formula is C36H23ClN4O6S. The van der Waals surface area contributed by atoms with Gasteiger partial charge < -0.3 is 19.8 Å². The van der Waals surface area contributed by atoms with Gasteiger partial charge in [0.2, 0.25) is 0 Å². The molecular weight excluding hydrogens is 652 g/mol. The molecule has 2 aliphatic rings. The van der Waals surface area contributed by atoms with Crippen LogP contribution in [0.4, 0.5) is 17.1 Å². The van der Waals surface area contributed by atoms with Crippen molar-refractivity contribution < 1.29 is 22.7 Å². The van der Waals surface area contributed by atoms with Crippen molar-refractivity contribution in [3.8, 4) is 28.4 Å². The zero-order valence-electron chi connectivity index (χ0n) is 25.0. The standard InChI is InChI=1S/C36H23ClN4O6S/c1-46-21-16-12-20(13-17-21)38-26-18-27(47-22-14-10-19(37)11-15-22)33-31-29(23-6-2-3-7-24(23)34(42)30(26)31)32(36(43)40-33)35-39-25-8-4-5-9-28(25)48(44,45)41-35/h2-18,38H,1H3,(H,39,41)(H,40,43). The number of pyridine rings is 1. The minimum absolute atomic E-state index is 0.0134. The molecule has 5 aromatic carbocycles. The molecule has 2 heterocycles. The lowest BCUT2D eigenvalue weighted by Crippen LogP contribution is -2.38. The number of nitrogens with zero attached hydrogens (tertiary/aromatic N) is 1. The first-order valence-corrected chi connectivity index (χ1v) is 16.5. The summed E-state index contributed by atoms with van der Waals surface area (Å²) in [5.41, 5.74) is 2.17. The highest BCUT2D eigenvalue weighted by atomic mass is 35.5. The van der Waals surface area contributed by atoms with Crippen LogP contribution in [0.25, 0.3) is 22.0 Å². The predicted molar refractivity (Wildman–Crippen MR) is 184 cm³/mol. The molecule has 6 aromatic rings. The topological polar surface area (TPSA) is 139 Å². The fraction of sp³-hybridized carbons (Fsp3) is 0.0278. The second kappa shape index (κ2) is 11.1. The van der Waals surface area contributed by atoms with E-state index in [0.717, 1.165) is 0 Å². The summed E-state index contributed by atoms with van der Waals surface area (Å²) in [7, 11) is -2.51. The Morgan fingerprint density at radius 3 is 2.23 bits per heavy atom. The Bertz CT molecular complexity index is 2530. The Morgan fingerprint density at radius 1 is 0.792 bits per heavy atom. The van der Waals surface area contributed by atoms with Crippen molar-refractivity contribution >= 4 is 61.2 Å². The normalized spacial score (nSPS) is 14.0. The van der Waals surface area contributed by atoms with E-state index in [1.165, 1.54) is 6.07 Å². The number of aliphatic imine (C=N–C) groups is 1. The van der Waals surface area contributed by atoms with Gasteiger partial charge in [-0.2, -0.15) is 0 Å². The van der Waals surface area contributed by atoms with Gasteiger partial charge in [-0.05, 0) is 66.2 Å².